The molecule has 0 spiro atoms. The Morgan fingerprint density at radius 1 is 1.26 bits per heavy atom. The smallest absolute Gasteiger partial charge is 0.223 e. The Morgan fingerprint density at radius 3 is 2.48 bits per heavy atom. The minimum absolute atomic E-state index is 0.0195. The largest absolute Gasteiger partial charge is 0.354 e. The number of rotatable bonds is 8. The molecule has 2 rings (SSSR count). The second-order valence-electron chi connectivity index (χ2n) is 7.27. The summed E-state index contributed by atoms with van der Waals surface area (Å²) in [6.07, 6.45) is 3.30. The number of carbonyl (C=O) groups excluding carboxylic acids is 2. The van der Waals surface area contributed by atoms with Gasteiger partial charge in [-0.2, -0.15) is 0 Å². The maximum Gasteiger partial charge on any atom is 0.223 e. The first-order valence-corrected chi connectivity index (χ1v) is 9.87. The highest BCUT2D eigenvalue weighted by atomic mass is 35.5. The molecule has 0 bridgehead atoms. The van der Waals surface area contributed by atoms with Crippen LogP contribution in [0.3, 0.4) is 0 Å². The van der Waals surface area contributed by atoms with E-state index in [1.165, 1.54) is 13.0 Å². The zero-order valence-electron chi connectivity index (χ0n) is 16.0. The highest BCUT2D eigenvalue weighted by molar-refractivity contribution is 6.30. The first kappa shape index (κ1) is 21.6. The van der Waals surface area contributed by atoms with Gasteiger partial charge in [-0.25, -0.2) is 8.78 Å². The Morgan fingerprint density at radius 2 is 1.93 bits per heavy atom. The van der Waals surface area contributed by atoms with Crippen LogP contribution in [0.5, 0.6) is 0 Å². The predicted molar refractivity (Wildman–Crippen MR) is 101 cm³/mol. The molecule has 150 valence electrons. The fourth-order valence-corrected chi connectivity index (χ4v) is 3.90. The zero-order chi connectivity index (χ0) is 20.1. The van der Waals surface area contributed by atoms with Gasteiger partial charge in [0, 0.05) is 24.4 Å². The minimum Gasteiger partial charge on any atom is -0.354 e. The molecule has 0 aromatic heterocycles. The van der Waals surface area contributed by atoms with E-state index in [0.717, 1.165) is 18.9 Å². The number of benzene rings is 1. The highest BCUT2D eigenvalue weighted by Gasteiger charge is 2.37. The Bertz CT molecular complexity index is 693. The van der Waals surface area contributed by atoms with Gasteiger partial charge in [-0.05, 0) is 37.3 Å². The van der Waals surface area contributed by atoms with Gasteiger partial charge < -0.3 is 10.6 Å². The number of amides is 2. The molecule has 27 heavy (non-hydrogen) atoms. The first-order valence-electron chi connectivity index (χ1n) is 9.49. The van der Waals surface area contributed by atoms with Crippen LogP contribution in [0.25, 0.3) is 0 Å². The van der Waals surface area contributed by atoms with Gasteiger partial charge in [0.05, 0.1) is 11.1 Å². The molecule has 0 heterocycles. The standard InChI is InChI=1S/C20H27ClF2N2O2/c1-4-6-12(5-2)19(17-16(22)8-7-15(21)18(17)23)25-20(27)13-9-14(10-13)24-11(3)26/h7-8,12-14,19H,4-6,9-10H2,1-3H3,(H,24,26)(H,25,27). The van der Waals surface area contributed by atoms with Gasteiger partial charge in [0.25, 0.3) is 0 Å². The summed E-state index contributed by atoms with van der Waals surface area (Å²) in [5.74, 6) is -2.27. The molecule has 1 aromatic carbocycles. The Kier molecular flexibility index (Phi) is 7.59. The molecule has 1 aliphatic rings. The van der Waals surface area contributed by atoms with Crippen molar-refractivity contribution < 1.29 is 18.4 Å². The minimum atomic E-state index is -0.818. The van der Waals surface area contributed by atoms with Gasteiger partial charge in [0.2, 0.25) is 11.8 Å². The fourth-order valence-electron chi connectivity index (χ4n) is 3.74. The third-order valence-corrected chi connectivity index (χ3v) is 5.55. The van der Waals surface area contributed by atoms with E-state index in [0.29, 0.717) is 19.3 Å². The van der Waals surface area contributed by atoms with Crippen LogP contribution < -0.4 is 10.6 Å². The van der Waals surface area contributed by atoms with Crippen LogP contribution in [0.2, 0.25) is 5.02 Å². The van der Waals surface area contributed by atoms with Gasteiger partial charge in [-0.1, -0.05) is 38.3 Å². The van der Waals surface area contributed by atoms with Gasteiger partial charge in [0.1, 0.15) is 11.6 Å². The third-order valence-electron chi connectivity index (χ3n) is 5.26. The van der Waals surface area contributed by atoms with Crippen molar-refractivity contribution in [2.75, 3.05) is 0 Å². The summed E-state index contributed by atoms with van der Waals surface area (Å²) >= 11 is 5.87. The van der Waals surface area contributed by atoms with Crippen LogP contribution in [-0.2, 0) is 9.59 Å². The highest BCUT2D eigenvalue weighted by Crippen LogP contribution is 2.36. The lowest BCUT2D eigenvalue weighted by Crippen LogP contribution is -2.50. The Hall–Kier alpha value is -1.69. The summed E-state index contributed by atoms with van der Waals surface area (Å²) in [5, 5.41) is 5.48. The van der Waals surface area contributed by atoms with Crippen molar-refractivity contribution in [3.05, 3.63) is 34.4 Å². The van der Waals surface area contributed by atoms with Crippen LogP contribution in [0, 0.1) is 23.5 Å². The van der Waals surface area contributed by atoms with Gasteiger partial charge >= 0.3 is 0 Å². The maximum atomic E-state index is 14.6. The lowest BCUT2D eigenvalue weighted by molar-refractivity contribution is -0.131. The molecule has 2 atom stereocenters. The normalized spacial score (nSPS) is 21.1. The van der Waals surface area contributed by atoms with Crippen molar-refractivity contribution >= 4 is 23.4 Å². The lowest BCUT2D eigenvalue weighted by atomic mass is 9.78. The summed E-state index contributed by atoms with van der Waals surface area (Å²) in [7, 11) is 0. The lowest BCUT2D eigenvalue weighted by Gasteiger charge is -2.37. The van der Waals surface area contributed by atoms with E-state index in [-0.39, 0.29) is 40.3 Å². The van der Waals surface area contributed by atoms with Gasteiger partial charge in [-0.15, -0.1) is 0 Å². The molecule has 1 aromatic rings. The molecule has 0 radical (unpaired) electrons. The summed E-state index contributed by atoms with van der Waals surface area (Å²) < 4.78 is 29.1. The van der Waals surface area contributed by atoms with Crippen molar-refractivity contribution in [1.82, 2.24) is 10.6 Å². The molecule has 2 N–H and O–H groups in total. The van der Waals surface area contributed by atoms with E-state index in [1.807, 2.05) is 13.8 Å². The molecule has 1 saturated carbocycles. The second-order valence-corrected chi connectivity index (χ2v) is 7.67. The molecule has 2 unspecified atom stereocenters. The first-order chi connectivity index (χ1) is 12.8. The molecule has 2 amide bonds. The summed E-state index contributed by atoms with van der Waals surface area (Å²) in [4.78, 5) is 23.8. The van der Waals surface area contributed by atoms with Gasteiger partial charge in [0.15, 0.2) is 0 Å². The van der Waals surface area contributed by atoms with Crippen molar-refractivity contribution in [3.63, 3.8) is 0 Å². The third kappa shape index (κ3) is 5.18. The molecular weight excluding hydrogens is 374 g/mol. The van der Waals surface area contributed by atoms with Crippen LogP contribution in [0.15, 0.2) is 12.1 Å². The Balaban J connectivity index is 2.21. The summed E-state index contributed by atoms with van der Waals surface area (Å²) in [6.45, 7) is 5.37. The number of halogens is 3. The number of carbonyl (C=O) groups is 2. The van der Waals surface area contributed by atoms with Crippen molar-refractivity contribution in [2.45, 2.75) is 65.0 Å². The molecule has 1 fully saturated rings. The molecular formula is C20H27ClF2N2O2. The topological polar surface area (TPSA) is 58.2 Å². The van der Waals surface area contributed by atoms with Crippen molar-refractivity contribution in [1.29, 1.82) is 0 Å². The van der Waals surface area contributed by atoms with E-state index >= 15 is 0 Å². The maximum absolute atomic E-state index is 14.6. The van der Waals surface area contributed by atoms with E-state index < -0.39 is 17.7 Å². The average Bonchev–Trinajstić information content (AvgIpc) is 2.58. The number of hydrogen-bond acceptors (Lipinski definition) is 2. The second kappa shape index (κ2) is 9.49. The van der Waals surface area contributed by atoms with Crippen LogP contribution in [0.1, 0.15) is 64.5 Å². The van der Waals surface area contributed by atoms with Gasteiger partial charge in [-0.3, -0.25) is 9.59 Å². The zero-order valence-corrected chi connectivity index (χ0v) is 16.7. The van der Waals surface area contributed by atoms with E-state index in [2.05, 4.69) is 10.6 Å². The number of nitrogens with one attached hydrogen (secondary N) is 2. The van der Waals surface area contributed by atoms with E-state index in [1.54, 1.807) is 0 Å². The SMILES string of the molecule is CCCC(CC)C(NC(=O)C1CC(NC(C)=O)C1)c1c(F)ccc(Cl)c1F. The van der Waals surface area contributed by atoms with Crippen molar-refractivity contribution in [2.24, 2.45) is 11.8 Å². The molecule has 0 aliphatic heterocycles. The Labute approximate surface area is 164 Å². The van der Waals surface area contributed by atoms with Crippen LogP contribution in [-0.4, -0.2) is 17.9 Å². The van der Waals surface area contributed by atoms with Crippen LogP contribution >= 0.6 is 11.6 Å². The molecule has 4 nitrogen and oxygen atoms in total. The fraction of sp³-hybridized carbons (Fsp3) is 0.600. The quantitative estimate of drug-likeness (QED) is 0.630. The van der Waals surface area contributed by atoms with Crippen molar-refractivity contribution in [3.8, 4) is 0 Å². The molecule has 7 heteroatoms. The molecule has 1 aliphatic carbocycles. The monoisotopic (exact) mass is 400 g/mol. The van der Waals surface area contributed by atoms with E-state index in [4.69, 9.17) is 11.6 Å². The summed E-state index contributed by atoms with van der Waals surface area (Å²) in [5.41, 5.74) is -0.172. The molecule has 0 saturated heterocycles. The van der Waals surface area contributed by atoms with Crippen LogP contribution in [0.4, 0.5) is 8.78 Å². The predicted octanol–water partition coefficient (Wildman–Crippen LogP) is 4.52. The van der Waals surface area contributed by atoms with E-state index in [9.17, 15) is 18.4 Å². The summed E-state index contributed by atoms with van der Waals surface area (Å²) in [6, 6.07) is 1.52. The number of hydrogen-bond donors (Lipinski definition) is 2. The average molecular weight is 401 g/mol.